The summed E-state index contributed by atoms with van der Waals surface area (Å²) in [6, 6.07) is 4.21. The second-order valence-electron chi connectivity index (χ2n) is 5.26. The molecule has 0 aliphatic carbocycles. The lowest BCUT2D eigenvalue weighted by Gasteiger charge is -2.25. The SMILES string of the molecule is CCc1ccsc1C(=O)NC(c1cc(F)ccc1F)C1NNNN1. The molecular formula is C15H17F2N5OS. The maximum Gasteiger partial charge on any atom is 0.262 e. The molecule has 24 heavy (non-hydrogen) atoms. The molecule has 0 bridgehead atoms. The molecule has 9 heteroatoms. The highest BCUT2D eigenvalue weighted by Gasteiger charge is 2.30. The van der Waals surface area contributed by atoms with Gasteiger partial charge in [0.1, 0.15) is 17.8 Å². The second-order valence-corrected chi connectivity index (χ2v) is 6.18. The molecule has 128 valence electrons. The number of hydrazine groups is 3. The molecule has 0 saturated carbocycles. The molecular weight excluding hydrogens is 336 g/mol. The molecule has 1 aliphatic rings. The van der Waals surface area contributed by atoms with Crippen LogP contribution in [0.25, 0.3) is 0 Å². The van der Waals surface area contributed by atoms with Crippen molar-refractivity contribution >= 4 is 17.2 Å². The summed E-state index contributed by atoms with van der Waals surface area (Å²) in [6.45, 7) is 1.95. The van der Waals surface area contributed by atoms with E-state index in [1.54, 1.807) is 0 Å². The summed E-state index contributed by atoms with van der Waals surface area (Å²) in [5.74, 6) is -1.50. The monoisotopic (exact) mass is 353 g/mol. The smallest absolute Gasteiger partial charge is 0.262 e. The summed E-state index contributed by atoms with van der Waals surface area (Å²) in [7, 11) is 0. The van der Waals surface area contributed by atoms with Gasteiger partial charge in [-0.25, -0.2) is 19.6 Å². The average molecular weight is 353 g/mol. The van der Waals surface area contributed by atoms with Crippen molar-refractivity contribution in [3.63, 3.8) is 0 Å². The fourth-order valence-electron chi connectivity index (χ4n) is 2.54. The molecule has 3 rings (SSSR count). The first kappa shape index (κ1) is 16.9. The molecule has 1 aliphatic heterocycles. The van der Waals surface area contributed by atoms with E-state index < -0.39 is 23.8 Å². The van der Waals surface area contributed by atoms with Crippen molar-refractivity contribution in [2.45, 2.75) is 25.6 Å². The topological polar surface area (TPSA) is 77.2 Å². The summed E-state index contributed by atoms with van der Waals surface area (Å²) in [5.41, 5.74) is 11.8. The number of halogens is 2. The molecule has 1 aromatic heterocycles. The zero-order chi connectivity index (χ0) is 17.1. The van der Waals surface area contributed by atoms with Crippen molar-refractivity contribution in [2.24, 2.45) is 0 Å². The van der Waals surface area contributed by atoms with Crippen molar-refractivity contribution in [3.05, 3.63) is 57.3 Å². The second kappa shape index (κ2) is 7.32. The molecule has 0 radical (unpaired) electrons. The number of rotatable bonds is 5. The van der Waals surface area contributed by atoms with Crippen molar-refractivity contribution in [3.8, 4) is 0 Å². The molecule has 6 nitrogen and oxygen atoms in total. The molecule has 5 N–H and O–H groups in total. The van der Waals surface area contributed by atoms with Crippen LogP contribution in [0.5, 0.6) is 0 Å². The van der Waals surface area contributed by atoms with E-state index >= 15 is 0 Å². The molecule has 2 aromatic rings. The number of carbonyl (C=O) groups is 1. The lowest BCUT2D eigenvalue weighted by molar-refractivity contribution is 0.0927. The van der Waals surface area contributed by atoms with Crippen molar-refractivity contribution in [1.82, 2.24) is 27.2 Å². The van der Waals surface area contributed by atoms with E-state index in [2.05, 4.69) is 27.2 Å². The van der Waals surface area contributed by atoms with Crippen molar-refractivity contribution in [1.29, 1.82) is 0 Å². The minimum Gasteiger partial charge on any atom is -0.341 e. The highest BCUT2D eigenvalue weighted by atomic mass is 32.1. The van der Waals surface area contributed by atoms with Crippen LogP contribution in [0.1, 0.15) is 33.8 Å². The van der Waals surface area contributed by atoms with E-state index in [0.717, 1.165) is 23.8 Å². The van der Waals surface area contributed by atoms with Crippen LogP contribution < -0.4 is 27.2 Å². The normalized spacial score (nSPS) is 16.3. The zero-order valence-corrected chi connectivity index (χ0v) is 13.6. The number of nitrogens with one attached hydrogen (secondary N) is 5. The Morgan fingerprint density at radius 2 is 2.04 bits per heavy atom. The Balaban J connectivity index is 1.90. The Hall–Kier alpha value is -1.91. The van der Waals surface area contributed by atoms with E-state index in [-0.39, 0.29) is 11.5 Å². The van der Waals surface area contributed by atoms with Crippen LogP contribution in [-0.2, 0) is 6.42 Å². The lowest BCUT2D eigenvalue weighted by atomic mass is 10.0. The summed E-state index contributed by atoms with van der Waals surface area (Å²) in [5, 5.41) is 4.61. The molecule has 1 unspecified atom stereocenters. The van der Waals surface area contributed by atoms with E-state index in [4.69, 9.17) is 0 Å². The fourth-order valence-corrected chi connectivity index (χ4v) is 3.44. The van der Waals surface area contributed by atoms with Crippen LogP contribution in [-0.4, -0.2) is 12.1 Å². The Morgan fingerprint density at radius 3 is 2.75 bits per heavy atom. The lowest BCUT2D eigenvalue weighted by Crippen LogP contribution is -2.48. The average Bonchev–Trinajstić information content (AvgIpc) is 3.26. The minimum atomic E-state index is -0.831. The van der Waals surface area contributed by atoms with Gasteiger partial charge >= 0.3 is 0 Å². The first-order valence-electron chi connectivity index (χ1n) is 7.43. The molecule has 1 aromatic carbocycles. The number of hydrogen-bond donors (Lipinski definition) is 5. The Labute approximate surface area is 141 Å². The quantitative estimate of drug-likeness (QED) is 0.563. The van der Waals surface area contributed by atoms with E-state index in [1.165, 1.54) is 11.3 Å². The van der Waals surface area contributed by atoms with Gasteiger partial charge in [-0.1, -0.05) is 6.92 Å². The van der Waals surface area contributed by atoms with Gasteiger partial charge < -0.3 is 5.32 Å². The van der Waals surface area contributed by atoms with Crippen LogP contribution in [0.2, 0.25) is 0 Å². The van der Waals surface area contributed by atoms with E-state index in [1.807, 2.05) is 18.4 Å². The van der Waals surface area contributed by atoms with Gasteiger partial charge in [0.2, 0.25) is 0 Å². The zero-order valence-electron chi connectivity index (χ0n) is 12.8. The van der Waals surface area contributed by atoms with Gasteiger partial charge in [0.05, 0.1) is 10.9 Å². The number of thiophene rings is 1. The van der Waals surface area contributed by atoms with Crippen LogP contribution in [0.15, 0.2) is 29.6 Å². The summed E-state index contributed by atoms with van der Waals surface area (Å²) in [6.07, 6.45) is 0.143. The van der Waals surface area contributed by atoms with E-state index in [0.29, 0.717) is 11.3 Å². The summed E-state index contributed by atoms with van der Waals surface area (Å²) >= 11 is 1.32. The molecule has 1 saturated heterocycles. The van der Waals surface area contributed by atoms with Gasteiger partial charge in [-0.05, 0) is 41.6 Å². The number of aryl methyl sites for hydroxylation is 1. The third kappa shape index (κ3) is 3.45. The standard InChI is InChI=1S/C15H17F2N5OS/c1-2-8-5-6-24-13(8)15(23)18-12(14-19-21-22-20-14)10-7-9(16)3-4-11(10)17/h3-7,12,14,19-22H,2H2,1H3,(H,18,23). The summed E-state index contributed by atoms with van der Waals surface area (Å²) < 4.78 is 27.8. The van der Waals surface area contributed by atoms with Crippen LogP contribution in [0.3, 0.4) is 0 Å². The van der Waals surface area contributed by atoms with Crippen molar-refractivity contribution in [2.75, 3.05) is 0 Å². The van der Waals surface area contributed by atoms with Crippen LogP contribution in [0.4, 0.5) is 8.78 Å². The first-order valence-corrected chi connectivity index (χ1v) is 8.31. The van der Waals surface area contributed by atoms with Gasteiger partial charge in [0.15, 0.2) is 0 Å². The maximum absolute atomic E-state index is 14.2. The molecule has 1 amide bonds. The number of hydrogen-bond acceptors (Lipinski definition) is 6. The van der Waals surface area contributed by atoms with Gasteiger partial charge in [-0.2, -0.15) is 11.1 Å². The first-order chi connectivity index (χ1) is 11.6. The Morgan fingerprint density at radius 1 is 1.29 bits per heavy atom. The van der Waals surface area contributed by atoms with Crippen molar-refractivity contribution < 1.29 is 13.6 Å². The van der Waals surface area contributed by atoms with Crippen LogP contribution >= 0.6 is 11.3 Å². The number of benzene rings is 1. The predicted octanol–water partition coefficient (Wildman–Crippen LogP) is 1.50. The van der Waals surface area contributed by atoms with Gasteiger partial charge in [0.25, 0.3) is 5.91 Å². The summed E-state index contributed by atoms with van der Waals surface area (Å²) in [4.78, 5) is 13.2. The Kier molecular flexibility index (Phi) is 5.17. The minimum absolute atomic E-state index is 0.0495. The third-order valence-electron chi connectivity index (χ3n) is 3.76. The molecule has 1 fully saturated rings. The highest BCUT2D eigenvalue weighted by molar-refractivity contribution is 7.12. The van der Waals surface area contributed by atoms with E-state index in [9.17, 15) is 13.6 Å². The third-order valence-corrected chi connectivity index (χ3v) is 4.72. The highest BCUT2D eigenvalue weighted by Crippen LogP contribution is 2.24. The molecule has 1 atom stereocenters. The van der Waals surface area contributed by atoms with Gasteiger partial charge in [0, 0.05) is 5.56 Å². The predicted molar refractivity (Wildman–Crippen MR) is 86.6 cm³/mol. The van der Waals surface area contributed by atoms with Crippen LogP contribution in [0, 0.1) is 11.6 Å². The number of carbonyl (C=O) groups excluding carboxylic acids is 1. The fraction of sp³-hybridized carbons (Fsp3) is 0.267. The molecule has 0 spiro atoms. The number of amides is 1. The van der Waals surface area contributed by atoms with Gasteiger partial charge in [-0.15, -0.1) is 11.3 Å². The molecule has 2 heterocycles. The largest absolute Gasteiger partial charge is 0.341 e. The van der Waals surface area contributed by atoms with Gasteiger partial charge in [-0.3, -0.25) is 4.79 Å². The maximum atomic E-state index is 14.2. The Bertz CT molecular complexity index is 732.